The van der Waals surface area contributed by atoms with Gasteiger partial charge in [-0.1, -0.05) is 42.5 Å². The molecule has 1 amide bonds. The predicted octanol–water partition coefficient (Wildman–Crippen LogP) is 5.42. The van der Waals surface area contributed by atoms with Crippen LogP contribution in [0.15, 0.2) is 110 Å². The molecule has 2 N–H and O–H groups in total. The van der Waals surface area contributed by atoms with Gasteiger partial charge in [0, 0.05) is 48.3 Å². The lowest BCUT2D eigenvalue weighted by Gasteiger charge is -2.28. The molecule has 7 nitrogen and oxygen atoms in total. The van der Waals surface area contributed by atoms with Crippen molar-refractivity contribution in [1.82, 2.24) is 24.8 Å². The van der Waals surface area contributed by atoms with Crippen molar-refractivity contribution >= 4 is 39.7 Å². The van der Waals surface area contributed by atoms with Crippen LogP contribution in [0.3, 0.4) is 0 Å². The number of nitrogens with zero attached hydrogens (tertiary/aromatic N) is 4. The standard InChI is InChI=1S/C30H26N6OS/c37-27(33-24-13-5-9-21-8-1-2-11-23(21)24)15-19-36-29(28(34-30(36)38)25-12-3-4-17-32-25)26-14-7-18-35(26)22-10-6-16-31-20-22/h1-14,16-18,20,28-29H,15,19H2,(H,33,37)(H,34,38)/t28-,29+/m0/s1. The molecule has 6 rings (SSSR count). The second-order valence-electron chi connectivity index (χ2n) is 9.16. The number of thiocarbonyl (C=S) groups is 1. The van der Waals surface area contributed by atoms with E-state index in [2.05, 4.69) is 36.1 Å². The van der Waals surface area contributed by atoms with E-state index in [9.17, 15) is 4.79 Å². The Labute approximate surface area is 226 Å². The molecule has 0 unspecified atom stereocenters. The number of anilines is 1. The van der Waals surface area contributed by atoms with Crippen LogP contribution in [-0.2, 0) is 4.79 Å². The number of hydrogen-bond acceptors (Lipinski definition) is 4. The van der Waals surface area contributed by atoms with Crippen LogP contribution < -0.4 is 10.6 Å². The largest absolute Gasteiger partial charge is 0.352 e. The summed E-state index contributed by atoms with van der Waals surface area (Å²) < 4.78 is 2.12. The fraction of sp³-hybridized carbons (Fsp3) is 0.133. The molecular formula is C30H26N6OS. The average molecular weight is 519 g/mol. The number of hydrogen-bond donors (Lipinski definition) is 2. The molecule has 1 fully saturated rings. The van der Waals surface area contributed by atoms with E-state index < -0.39 is 0 Å². The maximum Gasteiger partial charge on any atom is 0.226 e. The normalized spacial score (nSPS) is 16.9. The molecule has 2 atom stereocenters. The number of nitrogens with one attached hydrogen (secondary N) is 2. The first kappa shape index (κ1) is 23.8. The van der Waals surface area contributed by atoms with E-state index in [0.29, 0.717) is 11.7 Å². The first-order chi connectivity index (χ1) is 18.7. The molecule has 4 heterocycles. The number of carbonyl (C=O) groups excluding carboxylic acids is 1. The molecule has 38 heavy (non-hydrogen) atoms. The summed E-state index contributed by atoms with van der Waals surface area (Å²) in [4.78, 5) is 24.1. The van der Waals surface area contributed by atoms with Gasteiger partial charge < -0.3 is 20.1 Å². The van der Waals surface area contributed by atoms with E-state index in [-0.39, 0.29) is 24.4 Å². The van der Waals surface area contributed by atoms with E-state index in [0.717, 1.165) is 33.5 Å². The lowest BCUT2D eigenvalue weighted by molar-refractivity contribution is -0.116. The monoisotopic (exact) mass is 518 g/mol. The highest BCUT2D eigenvalue weighted by Gasteiger charge is 2.41. The molecule has 0 saturated carbocycles. The van der Waals surface area contributed by atoms with Gasteiger partial charge in [-0.2, -0.15) is 0 Å². The van der Waals surface area contributed by atoms with Crippen LogP contribution in [0.5, 0.6) is 0 Å². The molecule has 0 aliphatic carbocycles. The zero-order chi connectivity index (χ0) is 25.9. The van der Waals surface area contributed by atoms with Crippen molar-refractivity contribution in [2.45, 2.75) is 18.5 Å². The number of pyridine rings is 2. The van der Waals surface area contributed by atoms with Crippen LogP contribution in [0.4, 0.5) is 5.69 Å². The molecule has 188 valence electrons. The third-order valence-electron chi connectivity index (χ3n) is 6.85. The van der Waals surface area contributed by atoms with Crippen molar-refractivity contribution in [3.63, 3.8) is 0 Å². The minimum atomic E-state index is -0.171. The maximum atomic E-state index is 13.1. The van der Waals surface area contributed by atoms with Gasteiger partial charge in [0.15, 0.2) is 5.11 Å². The zero-order valence-corrected chi connectivity index (χ0v) is 21.4. The van der Waals surface area contributed by atoms with Gasteiger partial charge in [-0.25, -0.2) is 0 Å². The van der Waals surface area contributed by atoms with Crippen LogP contribution in [0.25, 0.3) is 16.5 Å². The quantitative estimate of drug-likeness (QED) is 0.280. The molecule has 1 saturated heterocycles. The number of aromatic nitrogens is 3. The van der Waals surface area contributed by atoms with Gasteiger partial charge >= 0.3 is 0 Å². The molecule has 3 aromatic heterocycles. The second kappa shape index (κ2) is 10.4. The summed E-state index contributed by atoms with van der Waals surface area (Å²) in [6.45, 7) is 0.453. The second-order valence-corrected chi connectivity index (χ2v) is 9.55. The Morgan fingerprint density at radius 3 is 2.66 bits per heavy atom. The van der Waals surface area contributed by atoms with Crippen molar-refractivity contribution in [3.8, 4) is 5.69 Å². The van der Waals surface area contributed by atoms with Gasteiger partial charge in [0.2, 0.25) is 5.91 Å². The smallest absolute Gasteiger partial charge is 0.226 e. The zero-order valence-electron chi connectivity index (χ0n) is 20.6. The summed E-state index contributed by atoms with van der Waals surface area (Å²) in [6, 6.07) is 27.6. The third-order valence-corrected chi connectivity index (χ3v) is 7.20. The van der Waals surface area contributed by atoms with E-state index in [1.54, 1.807) is 12.4 Å². The number of carbonyl (C=O) groups is 1. The molecule has 2 aromatic carbocycles. The fourth-order valence-electron chi connectivity index (χ4n) is 5.10. The number of rotatable bonds is 7. The molecular weight excluding hydrogens is 492 g/mol. The summed E-state index contributed by atoms with van der Waals surface area (Å²) in [6.07, 6.45) is 7.69. The number of amides is 1. The molecule has 0 spiro atoms. The predicted molar refractivity (Wildman–Crippen MR) is 153 cm³/mol. The highest BCUT2D eigenvalue weighted by atomic mass is 32.1. The molecule has 0 radical (unpaired) electrons. The summed E-state index contributed by atoms with van der Waals surface area (Å²) in [5.74, 6) is -0.0631. The van der Waals surface area contributed by atoms with Crippen molar-refractivity contribution in [1.29, 1.82) is 0 Å². The van der Waals surface area contributed by atoms with Gasteiger partial charge in [0.1, 0.15) is 0 Å². The molecule has 1 aliphatic heterocycles. The Balaban J connectivity index is 1.28. The molecule has 0 bridgehead atoms. The topological polar surface area (TPSA) is 75.1 Å². The summed E-state index contributed by atoms with van der Waals surface area (Å²) >= 11 is 5.81. The first-order valence-electron chi connectivity index (χ1n) is 12.5. The summed E-state index contributed by atoms with van der Waals surface area (Å²) in [7, 11) is 0. The maximum absolute atomic E-state index is 13.1. The van der Waals surface area contributed by atoms with Crippen LogP contribution in [-0.4, -0.2) is 37.0 Å². The van der Waals surface area contributed by atoms with Crippen molar-refractivity contribution < 1.29 is 4.79 Å². The highest BCUT2D eigenvalue weighted by molar-refractivity contribution is 7.80. The van der Waals surface area contributed by atoms with Gasteiger partial charge in [-0.15, -0.1) is 0 Å². The highest BCUT2D eigenvalue weighted by Crippen LogP contribution is 2.39. The molecule has 5 aromatic rings. The average Bonchev–Trinajstić information content (AvgIpc) is 3.57. The fourth-order valence-corrected chi connectivity index (χ4v) is 5.44. The summed E-state index contributed by atoms with van der Waals surface area (Å²) in [5, 5.41) is 9.27. The van der Waals surface area contributed by atoms with Crippen LogP contribution in [0.2, 0.25) is 0 Å². The Morgan fingerprint density at radius 2 is 1.82 bits per heavy atom. The molecule has 1 aliphatic rings. The first-order valence-corrected chi connectivity index (χ1v) is 12.9. The van der Waals surface area contributed by atoms with Gasteiger partial charge in [0.05, 0.1) is 29.7 Å². The van der Waals surface area contributed by atoms with E-state index >= 15 is 0 Å². The number of benzene rings is 2. The van der Waals surface area contributed by atoms with Gasteiger partial charge in [0.25, 0.3) is 0 Å². The van der Waals surface area contributed by atoms with Crippen LogP contribution >= 0.6 is 12.2 Å². The minimum absolute atomic E-state index is 0.0631. The van der Waals surface area contributed by atoms with Crippen molar-refractivity contribution in [3.05, 3.63) is 121 Å². The lowest BCUT2D eigenvalue weighted by atomic mass is 10.0. The third kappa shape index (κ3) is 4.62. The van der Waals surface area contributed by atoms with Crippen LogP contribution in [0, 0.1) is 0 Å². The Kier molecular flexibility index (Phi) is 6.54. The lowest BCUT2D eigenvalue weighted by Crippen LogP contribution is -2.33. The Hall–Kier alpha value is -4.56. The van der Waals surface area contributed by atoms with E-state index in [1.165, 1.54) is 0 Å². The molecule has 8 heteroatoms. The van der Waals surface area contributed by atoms with Gasteiger partial charge in [-0.05, 0) is 60.1 Å². The van der Waals surface area contributed by atoms with Crippen molar-refractivity contribution in [2.24, 2.45) is 0 Å². The van der Waals surface area contributed by atoms with Gasteiger partial charge in [-0.3, -0.25) is 14.8 Å². The Bertz CT molecular complexity index is 1580. The van der Waals surface area contributed by atoms with E-state index in [1.807, 2.05) is 91.3 Å². The summed E-state index contributed by atoms with van der Waals surface area (Å²) in [5.41, 5.74) is 3.69. The van der Waals surface area contributed by atoms with Crippen molar-refractivity contribution in [2.75, 3.05) is 11.9 Å². The number of fused-ring (bicyclic) bond motifs is 1. The Morgan fingerprint density at radius 1 is 0.947 bits per heavy atom. The SMILES string of the molecule is O=C(CCN1C(=S)N[C@@H](c2ccccn2)[C@H]1c1cccn1-c1cccnc1)Nc1cccc2ccccc12. The van der Waals surface area contributed by atoms with E-state index in [4.69, 9.17) is 12.2 Å². The van der Waals surface area contributed by atoms with Crippen LogP contribution in [0.1, 0.15) is 29.9 Å². The minimum Gasteiger partial charge on any atom is -0.352 e.